The third-order valence-electron chi connectivity index (χ3n) is 3.07. The molecule has 1 heterocycles. The predicted molar refractivity (Wildman–Crippen MR) is 48.2 cm³/mol. The van der Waals surface area contributed by atoms with Gasteiger partial charge in [-0.25, -0.2) is 0 Å². The Morgan fingerprint density at radius 1 is 1.43 bits per heavy atom. The highest BCUT2D eigenvalue weighted by atomic mass is 16.5. The maximum Gasteiger partial charge on any atom is 0.203 e. The first-order valence-electron chi connectivity index (χ1n) is 4.73. The first kappa shape index (κ1) is 8.90. The Labute approximate surface area is 82.6 Å². The van der Waals surface area contributed by atoms with E-state index in [9.17, 15) is 0 Å². The Balaban J connectivity index is 2.39. The monoisotopic (exact) mass is 189 g/mol. The third-order valence-corrected chi connectivity index (χ3v) is 3.07. The Hall–Kier alpha value is -1.68. The summed E-state index contributed by atoms with van der Waals surface area (Å²) in [6.07, 6.45) is 3.52. The molecule has 0 amide bonds. The van der Waals surface area contributed by atoms with E-state index in [0.29, 0.717) is 12.0 Å². The minimum absolute atomic E-state index is 0.105. The number of nitriles is 2. The summed E-state index contributed by atoms with van der Waals surface area (Å²) in [6.45, 7) is 0. The Morgan fingerprint density at radius 2 is 2.21 bits per heavy atom. The van der Waals surface area contributed by atoms with E-state index in [1.807, 2.05) is 0 Å². The van der Waals surface area contributed by atoms with Gasteiger partial charge in [0.2, 0.25) is 11.5 Å². The van der Waals surface area contributed by atoms with Crippen molar-refractivity contribution in [1.82, 2.24) is 0 Å². The van der Waals surface area contributed by atoms with Gasteiger partial charge in [0.15, 0.2) is 0 Å². The zero-order chi connectivity index (χ0) is 10.2. The number of ether oxygens (including phenoxy) is 1. The second-order valence-corrected chi connectivity index (χ2v) is 3.79. The lowest BCUT2D eigenvalue weighted by atomic mass is 9.74. The summed E-state index contributed by atoms with van der Waals surface area (Å²) in [4.78, 5) is 0. The first-order valence-corrected chi connectivity index (χ1v) is 4.73. The molecule has 2 N–H and O–H groups in total. The average molecular weight is 189 g/mol. The Morgan fingerprint density at radius 3 is 2.86 bits per heavy atom. The van der Waals surface area contributed by atoms with Crippen molar-refractivity contribution in [1.29, 1.82) is 10.5 Å². The van der Waals surface area contributed by atoms with Gasteiger partial charge in [0.25, 0.3) is 0 Å². The summed E-state index contributed by atoms with van der Waals surface area (Å²) in [5.74, 6) is 0.0483. The van der Waals surface area contributed by atoms with Gasteiger partial charge < -0.3 is 10.5 Å². The lowest BCUT2D eigenvalue weighted by molar-refractivity contribution is 0.0159. The molecule has 0 aromatic carbocycles. The zero-order valence-electron chi connectivity index (χ0n) is 7.79. The summed E-state index contributed by atoms with van der Waals surface area (Å²) < 4.78 is 5.38. The molecule has 1 fully saturated rings. The minimum Gasteiger partial charge on any atom is -0.456 e. The van der Waals surface area contributed by atoms with Crippen LogP contribution in [0, 0.1) is 28.6 Å². The molecular weight excluding hydrogens is 178 g/mol. The van der Waals surface area contributed by atoms with Crippen molar-refractivity contribution < 1.29 is 4.74 Å². The SMILES string of the molecule is N#CC1=C(N)OC2(C#N)CCCCC12. The summed E-state index contributed by atoms with van der Waals surface area (Å²) in [5, 5.41) is 18.0. The van der Waals surface area contributed by atoms with Crippen molar-refractivity contribution in [3.05, 3.63) is 11.5 Å². The third kappa shape index (κ3) is 0.975. The van der Waals surface area contributed by atoms with Crippen LogP contribution in [-0.2, 0) is 4.74 Å². The molecule has 4 heteroatoms. The van der Waals surface area contributed by atoms with E-state index < -0.39 is 5.60 Å². The standard InChI is InChI=1S/C10H11N3O/c11-5-7-8-3-1-2-4-10(8,6-12)14-9(7)13/h8H,1-4,13H2. The van der Waals surface area contributed by atoms with Crippen LogP contribution in [0.15, 0.2) is 11.5 Å². The summed E-state index contributed by atoms with van der Waals surface area (Å²) in [7, 11) is 0. The van der Waals surface area contributed by atoms with E-state index in [2.05, 4.69) is 12.1 Å². The van der Waals surface area contributed by atoms with Gasteiger partial charge in [-0.15, -0.1) is 0 Å². The summed E-state index contributed by atoms with van der Waals surface area (Å²) in [5.41, 5.74) is 5.22. The highest BCUT2D eigenvalue weighted by Crippen LogP contribution is 2.46. The predicted octanol–water partition coefficient (Wildman–Crippen LogP) is 1.16. The van der Waals surface area contributed by atoms with Crippen LogP contribution in [-0.4, -0.2) is 5.60 Å². The maximum absolute atomic E-state index is 9.12. The smallest absolute Gasteiger partial charge is 0.203 e. The molecule has 2 rings (SSSR count). The van der Waals surface area contributed by atoms with Crippen LogP contribution in [0.1, 0.15) is 25.7 Å². The fraction of sp³-hybridized carbons (Fsp3) is 0.600. The molecular formula is C10H11N3O. The van der Waals surface area contributed by atoms with Crippen molar-refractivity contribution in [3.8, 4) is 12.1 Å². The maximum atomic E-state index is 9.12. The lowest BCUT2D eigenvalue weighted by Gasteiger charge is -2.32. The number of rotatable bonds is 0. The van der Waals surface area contributed by atoms with Crippen molar-refractivity contribution in [2.45, 2.75) is 31.3 Å². The molecule has 14 heavy (non-hydrogen) atoms. The molecule has 2 unspecified atom stereocenters. The number of fused-ring (bicyclic) bond motifs is 1. The van der Waals surface area contributed by atoms with Gasteiger partial charge in [0, 0.05) is 6.42 Å². The van der Waals surface area contributed by atoms with Gasteiger partial charge in [0.1, 0.15) is 12.1 Å². The molecule has 0 aromatic rings. The largest absolute Gasteiger partial charge is 0.456 e. The Kier molecular flexibility index (Phi) is 1.86. The molecule has 1 saturated carbocycles. The topological polar surface area (TPSA) is 82.8 Å². The van der Waals surface area contributed by atoms with Crippen LogP contribution in [0.5, 0.6) is 0 Å². The van der Waals surface area contributed by atoms with Crippen LogP contribution in [0.4, 0.5) is 0 Å². The molecule has 2 aliphatic rings. The molecule has 0 aromatic heterocycles. The summed E-state index contributed by atoms with van der Waals surface area (Å²) >= 11 is 0. The number of nitrogens with two attached hydrogens (primary N) is 1. The molecule has 0 bridgehead atoms. The van der Waals surface area contributed by atoms with Crippen LogP contribution in [0.25, 0.3) is 0 Å². The number of hydrogen-bond acceptors (Lipinski definition) is 4. The molecule has 0 spiro atoms. The van der Waals surface area contributed by atoms with Gasteiger partial charge in [0.05, 0.1) is 11.5 Å². The normalized spacial score (nSPS) is 35.4. The fourth-order valence-corrected chi connectivity index (χ4v) is 2.36. The van der Waals surface area contributed by atoms with Crippen LogP contribution in [0.2, 0.25) is 0 Å². The first-order chi connectivity index (χ1) is 6.73. The quantitative estimate of drug-likeness (QED) is 0.619. The Bertz CT molecular complexity index is 374. The lowest BCUT2D eigenvalue weighted by Crippen LogP contribution is -2.38. The van der Waals surface area contributed by atoms with Crippen LogP contribution in [0.3, 0.4) is 0 Å². The van der Waals surface area contributed by atoms with Crippen LogP contribution < -0.4 is 5.73 Å². The van der Waals surface area contributed by atoms with E-state index in [-0.39, 0.29) is 11.8 Å². The van der Waals surface area contributed by atoms with Gasteiger partial charge in [-0.3, -0.25) is 0 Å². The molecule has 2 atom stereocenters. The molecule has 1 aliphatic carbocycles. The summed E-state index contributed by atoms with van der Waals surface area (Å²) in [6, 6.07) is 4.23. The number of nitrogens with zero attached hydrogens (tertiary/aromatic N) is 2. The van der Waals surface area contributed by atoms with Crippen molar-refractivity contribution >= 4 is 0 Å². The molecule has 4 nitrogen and oxygen atoms in total. The van der Waals surface area contributed by atoms with Crippen molar-refractivity contribution in [2.24, 2.45) is 11.7 Å². The van der Waals surface area contributed by atoms with Gasteiger partial charge in [-0.1, -0.05) is 6.42 Å². The highest BCUT2D eigenvalue weighted by molar-refractivity contribution is 5.37. The van der Waals surface area contributed by atoms with E-state index in [1.54, 1.807) is 0 Å². The molecule has 0 saturated heterocycles. The van der Waals surface area contributed by atoms with E-state index >= 15 is 0 Å². The van der Waals surface area contributed by atoms with Gasteiger partial charge in [-0.2, -0.15) is 10.5 Å². The average Bonchev–Trinajstić information content (AvgIpc) is 2.50. The second kappa shape index (κ2) is 2.92. The molecule has 1 aliphatic heterocycles. The molecule has 0 radical (unpaired) electrons. The zero-order valence-corrected chi connectivity index (χ0v) is 7.79. The van der Waals surface area contributed by atoms with Crippen molar-refractivity contribution in [2.75, 3.05) is 0 Å². The fourth-order valence-electron chi connectivity index (χ4n) is 2.36. The van der Waals surface area contributed by atoms with Crippen molar-refractivity contribution in [3.63, 3.8) is 0 Å². The van der Waals surface area contributed by atoms with Gasteiger partial charge in [-0.05, 0) is 12.8 Å². The molecule has 72 valence electrons. The number of hydrogen-bond donors (Lipinski definition) is 1. The highest BCUT2D eigenvalue weighted by Gasteiger charge is 2.51. The van der Waals surface area contributed by atoms with Crippen LogP contribution >= 0.6 is 0 Å². The van der Waals surface area contributed by atoms with E-state index in [0.717, 1.165) is 19.3 Å². The van der Waals surface area contributed by atoms with E-state index in [4.69, 9.17) is 21.0 Å². The van der Waals surface area contributed by atoms with Gasteiger partial charge >= 0.3 is 0 Å². The van der Waals surface area contributed by atoms with E-state index in [1.165, 1.54) is 0 Å². The second-order valence-electron chi connectivity index (χ2n) is 3.79. The minimum atomic E-state index is -0.840.